The summed E-state index contributed by atoms with van der Waals surface area (Å²) in [6, 6.07) is 1.34. The number of pyridine rings is 1. The van der Waals surface area contributed by atoms with E-state index in [1.54, 1.807) is 0 Å². The molecule has 1 aromatic heterocycles. The van der Waals surface area contributed by atoms with E-state index in [1.165, 1.54) is 12.3 Å². The zero-order valence-corrected chi connectivity index (χ0v) is 8.58. The van der Waals surface area contributed by atoms with Crippen molar-refractivity contribution in [1.29, 1.82) is 0 Å². The van der Waals surface area contributed by atoms with Crippen molar-refractivity contribution in [2.24, 2.45) is 0 Å². The van der Waals surface area contributed by atoms with Crippen LogP contribution in [-0.4, -0.2) is 22.6 Å². The van der Waals surface area contributed by atoms with Gasteiger partial charge in [0.25, 0.3) is 0 Å². The Morgan fingerprint density at radius 2 is 2.47 bits per heavy atom. The van der Waals surface area contributed by atoms with Gasteiger partial charge in [-0.3, -0.25) is 0 Å². The third-order valence-corrected chi connectivity index (χ3v) is 1.85. The second-order valence-corrected chi connectivity index (χ2v) is 3.17. The van der Waals surface area contributed by atoms with Crippen LogP contribution in [0.2, 0.25) is 5.02 Å². The van der Waals surface area contributed by atoms with Crippen molar-refractivity contribution in [3.63, 3.8) is 0 Å². The van der Waals surface area contributed by atoms with E-state index in [1.807, 2.05) is 0 Å². The van der Waals surface area contributed by atoms with Crippen LogP contribution in [0.1, 0.15) is 16.8 Å². The maximum Gasteiger partial charge on any atom is 0.339 e. The number of carboxylic acids is 1. The Labute approximate surface area is 92.3 Å². The van der Waals surface area contributed by atoms with E-state index in [2.05, 4.69) is 16.2 Å². The maximum atomic E-state index is 10.8. The minimum atomic E-state index is -1.08. The summed E-state index contributed by atoms with van der Waals surface area (Å²) in [5.74, 6) is 1.64. The first-order valence-corrected chi connectivity index (χ1v) is 4.59. The predicted molar refractivity (Wildman–Crippen MR) is 58.1 cm³/mol. The average Bonchev–Trinajstić information content (AvgIpc) is 2.20. The van der Waals surface area contributed by atoms with E-state index in [-0.39, 0.29) is 16.4 Å². The van der Waals surface area contributed by atoms with Crippen molar-refractivity contribution in [3.8, 4) is 12.3 Å². The first kappa shape index (κ1) is 11.3. The van der Waals surface area contributed by atoms with Gasteiger partial charge < -0.3 is 10.4 Å². The zero-order valence-electron chi connectivity index (χ0n) is 7.83. The normalized spacial score (nSPS) is 9.33. The minimum absolute atomic E-state index is 0.0412. The van der Waals surface area contributed by atoms with Gasteiger partial charge >= 0.3 is 5.97 Å². The van der Waals surface area contributed by atoms with Gasteiger partial charge in [-0.1, -0.05) is 11.6 Å². The summed E-state index contributed by atoms with van der Waals surface area (Å²) < 4.78 is 0. The van der Waals surface area contributed by atoms with E-state index in [4.69, 9.17) is 23.1 Å². The second-order valence-electron chi connectivity index (χ2n) is 2.74. The zero-order chi connectivity index (χ0) is 11.3. The SMILES string of the molecule is C#CCCNc1ncc(Cl)cc1C(=O)O. The number of nitrogens with zero attached hydrogens (tertiary/aromatic N) is 1. The molecule has 0 aliphatic carbocycles. The standard InChI is InChI=1S/C10H9ClN2O2/c1-2-3-4-12-9-8(10(14)15)5-7(11)6-13-9/h1,5-6H,3-4H2,(H,12,13)(H,14,15). The lowest BCUT2D eigenvalue weighted by Crippen LogP contribution is -2.09. The van der Waals surface area contributed by atoms with E-state index in [9.17, 15) is 4.79 Å². The molecule has 0 saturated heterocycles. The summed E-state index contributed by atoms with van der Waals surface area (Å²) in [6.45, 7) is 0.478. The third-order valence-electron chi connectivity index (χ3n) is 1.65. The fourth-order valence-corrected chi connectivity index (χ4v) is 1.15. The molecule has 1 aromatic rings. The monoisotopic (exact) mass is 224 g/mol. The number of rotatable bonds is 4. The minimum Gasteiger partial charge on any atom is -0.478 e. The van der Waals surface area contributed by atoms with Crippen LogP contribution in [0.25, 0.3) is 0 Å². The van der Waals surface area contributed by atoms with Gasteiger partial charge in [-0.05, 0) is 6.07 Å². The molecule has 0 spiro atoms. The topological polar surface area (TPSA) is 62.2 Å². The average molecular weight is 225 g/mol. The molecular weight excluding hydrogens is 216 g/mol. The lowest BCUT2D eigenvalue weighted by molar-refractivity contribution is 0.0697. The van der Waals surface area contributed by atoms with Gasteiger partial charge in [0.15, 0.2) is 0 Å². The highest BCUT2D eigenvalue weighted by Crippen LogP contribution is 2.17. The molecule has 0 aromatic carbocycles. The van der Waals surface area contributed by atoms with Crippen molar-refractivity contribution < 1.29 is 9.90 Å². The Morgan fingerprint density at radius 3 is 3.07 bits per heavy atom. The molecule has 0 unspecified atom stereocenters. The van der Waals surface area contributed by atoms with Gasteiger partial charge in [0.2, 0.25) is 0 Å². The van der Waals surface area contributed by atoms with E-state index < -0.39 is 5.97 Å². The largest absolute Gasteiger partial charge is 0.478 e. The van der Waals surface area contributed by atoms with E-state index in [0.29, 0.717) is 13.0 Å². The van der Waals surface area contributed by atoms with Gasteiger partial charge in [0.05, 0.1) is 5.02 Å². The lowest BCUT2D eigenvalue weighted by atomic mass is 10.2. The highest BCUT2D eigenvalue weighted by Gasteiger charge is 2.11. The number of nitrogens with one attached hydrogen (secondary N) is 1. The van der Waals surface area contributed by atoms with Crippen LogP contribution in [0.4, 0.5) is 5.82 Å². The summed E-state index contributed by atoms with van der Waals surface area (Å²) in [7, 11) is 0. The van der Waals surface area contributed by atoms with Gasteiger partial charge in [0.1, 0.15) is 11.4 Å². The number of halogens is 1. The van der Waals surface area contributed by atoms with Gasteiger partial charge in [-0.15, -0.1) is 12.3 Å². The first-order valence-electron chi connectivity index (χ1n) is 4.21. The molecule has 2 N–H and O–H groups in total. The number of carboxylic acid groups (broad SMARTS) is 1. The van der Waals surface area contributed by atoms with Crippen LogP contribution in [0.15, 0.2) is 12.3 Å². The number of anilines is 1. The summed E-state index contributed by atoms with van der Waals surface area (Å²) in [5.41, 5.74) is 0.0412. The van der Waals surface area contributed by atoms with Crippen LogP contribution in [0, 0.1) is 12.3 Å². The van der Waals surface area contributed by atoms with Crippen LogP contribution < -0.4 is 5.32 Å². The molecule has 15 heavy (non-hydrogen) atoms. The molecule has 0 radical (unpaired) electrons. The van der Waals surface area contributed by atoms with Crippen LogP contribution in [0.3, 0.4) is 0 Å². The molecule has 0 atom stereocenters. The molecule has 0 aliphatic rings. The van der Waals surface area contributed by atoms with E-state index >= 15 is 0 Å². The molecule has 0 fully saturated rings. The molecule has 1 heterocycles. The summed E-state index contributed by atoms with van der Waals surface area (Å²) in [4.78, 5) is 14.7. The van der Waals surface area contributed by atoms with E-state index in [0.717, 1.165) is 0 Å². The fourth-order valence-electron chi connectivity index (χ4n) is 0.996. The Balaban J connectivity index is 2.87. The van der Waals surface area contributed by atoms with Crippen molar-refractivity contribution in [3.05, 3.63) is 22.8 Å². The molecule has 0 amide bonds. The van der Waals surface area contributed by atoms with Gasteiger partial charge in [-0.25, -0.2) is 9.78 Å². The number of aromatic nitrogens is 1. The third kappa shape index (κ3) is 3.15. The highest BCUT2D eigenvalue weighted by atomic mass is 35.5. The molecule has 0 aliphatic heterocycles. The first-order chi connectivity index (χ1) is 7.15. The Hall–Kier alpha value is -1.73. The van der Waals surface area contributed by atoms with Crippen LogP contribution in [0.5, 0.6) is 0 Å². The fraction of sp³-hybridized carbons (Fsp3) is 0.200. The van der Waals surface area contributed by atoms with Gasteiger partial charge in [0, 0.05) is 19.2 Å². The summed E-state index contributed by atoms with van der Waals surface area (Å²) in [6.07, 6.45) is 6.95. The number of aromatic carboxylic acids is 1. The maximum absolute atomic E-state index is 10.8. The summed E-state index contributed by atoms with van der Waals surface area (Å²) in [5, 5.41) is 12.0. The quantitative estimate of drug-likeness (QED) is 0.606. The van der Waals surface area contributed by atoms with Crippen LogP contribution >= 0.6 is 11.6 Å². The number of terminal acetylenes is 1. The second kappa shape index (κ2) is 5.23. The molecule has 5 heteroatoms. The molecule has 0 saturated carbocycles. The smallest absolute Gasteiger partial charge is 0.339 e. The lowest BCUT2D eigenvalue weighted by Gasteiger charge is -2.06. The van der Waals surface area contributed by atoms with Crippen molar-refractivity contribution in [1.82, 2.24) is 4.98 Å². The molecule has 0 bridgehead atoms. The number of hydrogen-bond acceptors (Lipinski definition) is 3. The number of carbonyl (C=O) groups is 1. The molecular formula is C10H9ClN2O2. The van der Waals surface area contributed by atoms with Crippen molar-refractivity contribution in [2.45, 2.75) is 6.42 Å². The molecule has 1 rings (SSSR count). The Bertz CT molecular complexity index is 412. The predicted octanol–water partition coefficient (Wildman–Crippen LogP) is 1.87. The van der Waals surface area contributed by atoms with Crippen molar-refractivity contribution in [2.75, 3.05) is 11.9 Å². The molecule has 4 nitrogen and oxygen atoms in total. The Kier molecular flexibility index (Phi) is 3.95. The number of hydrogen-bond donors (Lipinski definition) is 2. The molecule has 78 valence electrons. The summed E-state index contributed by atoms with van der Waals surface area (Å²) >= 11 is 5.64. The van der Waals surface area contributed by atoms with Gasteiger partial charge in [-0.2, -0.15) is 0 Å². The Morgan fingerprint density at radius 1 is 1.73 bits per heavy atom. The highest BCUT2D eigenvalue weighted by molar-refractivity contribution is 6.30. The van der Waals surface area contributed by atoms with Crippen molar-refractivity contribution >= 4 is 23.4 Å². The van der Waals surface area contributed by atoms with Crippen LogP contribution in [-0.2, 0) is 0 Å².